The zero-order chi connectivity index (χ0) is 13.9. The lowest BCUT2D eigenvalue weighted by Gasteiger charge is -2.02. The Morgan fingerprint density at radius 3 is 2.80 bits per heavy atom. The summed E-state index contributed by atoms with van der Waals surface area (Å²) in [6.45, 7) is 0. The molecule has 0 atom stereocenters. The Bertz CT molecular complexity index is 764. The van der Waals surface area contributed by atoms with E-state index in [2.05, 4.69) is 15.2 Å². The predicted molar refractivity (Wildman–Crippen MR) is 77.7 cm³/mol. The zero-order valence-corrected chi connectivity index (χ0v) is 11.2. The van der Waals surface area contributed by atoms with Gasteiger partial charge in [0.25, 0.3) is 0 Å². The van der Waals surface area contributed by atoms with Crippen molar-refractivity contribution in [2.24, 2.45) is 0 Å². The van der Waals surface area contributed by atoms with Gasteiger partial charge in [-0.15, -0.1) is 10.2 Å². The molecule has 0 saturated heterocycles. The summed E-state index contributed by atoms with van der Waals surface area (Å²) in [6.07, 6.45) is 0. The highest BCUT2D eigenvalue weighted by Crippen LogP contribution is 2.27. The number of aromatic nitrogens is 3. The summed E-state index contributed by atoms with van der Waals surface area (Å²) in [5, 5.41) is 19.4. The number of fused-ring (bicyclic) bond motifs is 1. The highest BCUT2D eigenvalue weighted by Gasteiger charge is 2.10. The number of carboxylic acid groups (broad SMARTS) is 1. The molecule has 0 aliphatic rings. The molecule has 0 aliphatic heterocycles. The first-order valence-electron chi connectivity index (χ1n) is 5.99. The SMILES string of the molecule is O=C(O)CSc1nnc(-c2cccc3ccccc23)[nH]1. The lowest BCUT2D eigenvalue weighted by Crippen LogP contribution is -1.97. The van der Waals surface area contributed by atoms with Gasteiger partial charge in [-0.1, -0.05) is 54.2 Å². The maximum Gasteiger partial charge on any atom is 0.313 e. The first-order valence-corrected chi connectivity index (χ1v) is 6.98. The van der Waals surface area contributed by atoms with Crippen LogP contribution in [0.4, 0.5) is 0 Å². The van der Waals surface area contributed by atoms with Crippen molar-refractivity contribution in [1.29, 1.82) is 0 Å². The summed E-state index contributed by atoms with van der Waals surface area (Å²) in [4.78, 5) is 13.6. The summed E-state index contributed by atoms with van der Waals surface area (Å²) in [5.74, 6) is -0.266. The molecule has 0 bridgehead atoms. The second-order valence-electron chi connectivity index (χ2n) is 4.19. The van der Waals surface area contributed by atoms with Crippen LogP contribution in [-0.4, -0.2) is 32.0 Å². The van der Waals surface area contributed by atoms with Gasteiger partial charge in [-0.05, 0) is 10.8 Å². The number of carboxylic acids is 1. The molecule has 0 spiro atoms. The first kappa shape index (κ1) is 12.7. The van der Waals surface area contributed by atoms with Gasteiger partial charge >= 0.3 is 5.97 Å². The van der Waals surface area contributed by atoms with E-state index in [-0.39, 0.29) is 5.75 Å². The molecule has 100 valence electrons. The van der Waals surface area contributed by atoms with Crippen LogP contribution in [-0.2, 0) is 4.79 Å². The summed E-state index contributed by atoms with van der Waals surface area (Å²) in [5.41, 5.74) is 0.956. The molecule has 0 saturated carbocycles. The molecule has 1 aromatic heterocycles. The minimum absolute atomic E-state index is 0.0375. The van der Waals surface area contributed by atoms with Gasteiger partial charge in [-0.25, -0.2) is 0 Å². The van der Waals surface area contributed by atoms with Gasteiger partial charge in [0, 0.05) is 5.56 Å². The molecule has 0 radical (unpaired) electrons. The minimum Gasteiger partial charge on any atom is -0.481 e. The van der Waals surface area contributed by atoms with Crippen molar-refractivity contribution in [2.75, 3.05) is 5.75 Å². The molecule has 6 heteroatoms. The van der Waals surface area contributed by atoms with Crippen LogP contribution in [0.25, 0.3) is 22.2 Å². The van der Waals surface area contributed by atoms with E-state index in [9.17, 15) is 4.79 Å². The number of benzene rings is 2. The molecular formula is C14H11N3O2S. The third kappa shape index (κ3) is 2.50. The smallest absolute Gasteiger partial charge is 0.313 e. The van der Waals surface area contributed by atoms with Gasteiger partial charge < -0.3 is 10.1 Å². The largest absolute Gasteiger partial charge is 0.481 e. The lowest BCUT2D eigenvalue weighted by atomic mass is 10.0. The van der Waals surface area contributed by atoms with Crippen LogP contribution >= 0.6 is 11.8 Å². The monoisotopic (exact) mass is 285 g/mol. The number of nitrogens with zero attached hydrogens (tertiary/aromatic N) is 2. The van der Waals surface area contributed by atoms with Crippen LogP contribution in [0, 0.1) is 0 Å². The number of hydrogen-bond donors (Lipinski definition) is 2. The average molecular weight is 285 g/mol. The number of rotatable bonds is 4. The number of carbonyl (C=O) groups is 1. The number of nitrogens with one attached hydrogen (secondary N) is 1. The molecule has 3 rings (SSSR count). The zero-order valence-electron chi connectivity index (χ0n) is 10.4. The number of aliphatic carboxylic acids is 1. The number of thioether (sulfide) groups is 1. The molecule has 2 N–H and O–H groups in total. The van der Waals surface area contributed by atoms with Crippen LogP contribution in [0.2, 0.25) is 0 Å². The van der Waals surface area contributed by atoms with Crippen molar-refractivity contribution in [2.45, 2.75) is 5.16 Å². The third-order valence-corrected chi connectivity index (χ3v) is 3.69. The number of aromatic amines is 1. The van der Waals surface area contributed by atoms with Crippen molar-refractivity contribution >= 4 is 28.5 Å². The predicted octanol–water partition coefficient (Wildman–Crippen LogP) is 2.80. The Morgan fingerprint density at radius 1 is 1.15 bits per heavy atom. The van der Waals surface area contributed by atoms with Crippen molar-refractivity contribution < 1.29 is 9.90 Å². The fraction of sp³-hybridized carbons (Fsp3) is 0.0714. The second-order valence-corrected chi connectivity index (χ2v) is 5.15. The van der Waals surface area contributed by atoms with Crippen molar-refractivity contribution in [3.63, 3.8) is 0 Å². The van der Waals surface area contributed by atoms with Gasteiger partial charge in [0.2, 0.25) is 0 Å². The molecule has 3 aromatic rings. The fourth-order valence-electron chi connectivity index (χ4n) is 1.99. The van der Waals surface area contributed by atoms with E-state index in [4.69, 9.17) is 5.11 Å². The van der Waals surface area contributed by atoms with Crippen LogP contribution in [0.5, 0.6) is 0 Å². The van der Waals surface area contributed by atoms with E-state index in [1.54, 1.807) is 0 Å². The summed E-state index contributed by atoms with van der Waals surface area (Å²) in [6, 6.07) is 14.0. The van der Waals surface area contributed by atoms with Crippen molar-refractivity contribution in [3.8, 4) is 11.4 Å². The van der Waals surface area contributed by atoms with Crippen molar-refractivity contribution in [3.05, 3.63) is 42.5 Å². The maximum absolute atomic E-state index is 10.5. The van der Waals surface area contributed by atoms with Crippen molar-refractivity contribution in [1.82, 2.24) is 15.2 Å². The average Bonchev–Trinajstić information content (AvgIpc) is 2.93. The molecule has 5 nitrogen and oxygen atoms in total. The molecule has 0 amide bonds. The fourth-order valence-corrected chi connectivity index (χ4v) is 2.52. The molecule has 20 heavy (non-hydrogen) atoms. The second kappa shape index (κ2) is 5.34. The molecule has 0 fully saturated rings. The normalized spacial score (nSPS) is 10.8. The van der Waals surface area contributed by atoms with Crippen LogP contribution in [0.15, 0.2) is 47.6 Å². The summed E-state index contributed by atoms with van der Waals surface area (Å²) >= 11 is 1.12. The van der Waals surface area contributed by atoms with E-state index in [1.165, 1.54) is 0 Å². The Kier molecular flexibility index (Phi) is 3.39. The number of H-pyrrole nitrogens is 1. The quantitative estimate of drug-likeness (QED) is 0.721. The van der Waals surface area contributed by atoms with E-state index in [1.807, 2.05) is 42.5 Å². The Labute approximate surface area is 119 Å². The molecular weight excluding hydrogens is 274 g/mol. The Hall–Kier alpha value is -2.34. The molecule has 2 aromatic carbocycles. The third-order valence-electron chi connectivity index (χ3n) is 2.84. The van der Waals surface area contributed by atoms with Gasteiger partial charge in [0.15, 0.2) is 11.0 Å². The van der Waals surface area contributed by atoms with Crippen LogP contribution in [0.1, 0.15) is 0 Å². The molecule has 1 heterocycles. The van der Waals surface area contributed by atoms with E-state index >= 15 is 0 Å². The van der Waals surface area contributed by atoms with E-state index in [0.29, 0.717) is 11.0 Å². The Morgan fingerprint density at radius 2 is 1.95 bits per heavy atom. The van der Waals surface area contributed by atoms with Gasteiger partial charge in [-0.2, -0.15) is 0 Å². The standard InChI is InChI=1S/C14H11N3O2S/c18-12(19)8-20-14-15-13(16-17-14)11-7-3-5-9-4-1-2-6-10(9)11/h1-7H,8H2,(H,18,19)(H,15,16,17). The highest BCUT2D eigenvalue weighted by molar-refractivity contribution is 7.99. The summed E-state index contributed by atoms with van der Waals surface area (Å²) in [7, 11) is 0. The van der Waals surface area contributed by atoms with E-state index < -0.39 is 5.97 Å². The molecule has 0 unspecified atom stereocenters. The topological polar surface area (TPSA) is 78.9 Å². The van der Waals surface area contributed by atoms with Gasteiger partial charge in [0.05, 0.1) is 5.75 Å². The minimum atomic E-state index is -0.877. The van der Waals surface area contributed by atoms with Gasteiger partial charge in [-0.3, -0.25) is 4.79 Å². The first-order chi connectivity index (χ1) is 9.74. The maximum atomic E-state index is 10.5. The number of hydrogen-bond acceptors (Lipinski definition) is 4. The molecule has 0 aliphatic carbocycles. The van der Waals surface area contributed by atoms with E-state index in [0.717, 1.165) is 28.1 Å². The summed E-state index contributed by atoms with van der Waals surface area (Å²) < 4.78 is 0. The van der Waals surface area contributed by atoms with Crippen LogP contribution < -0.4 is 0 Å². The van der Waals surface area contributed by atoms with Gasteiger partial charge in [0.1, 0.15) is 0 Å². The van der Waals surface area contributed by atoms with Crippen LogP contribution in [0.3, 0.4) is 0 Å². The highest BCUT2D eigenvalue weighted by atomic mass is 32.2. The Balaban J connectivity index is 1.97. The lowest BCUT2D eigenvalue weighted by molar-refractivity contribution is -0.133.